The third-order valence-electron chi connectivity index (χ3n) is 3.18. The van der Waals surface area contributed by atoms with Crippen LogP contribution in [0.3, 0.4) is 0 Å². The third kappa shape index (κ3) is 4.24. The first-order chi connectivity index (χ1) is 9.15. The molecule has 4 nitrogen and oxygen atoms in total. The Morgan fingerprint density at radius 1 is 1.47 bits per heavy atom. The normalized spacial score (nSPS) is 20.5. The third-order valence-corrected chi connectivity index (χ3v) is 3.18. The van der Waals surface area contributed by atoms with E-state index in [0.29, 0.717) is 18.7 Å². The summed E-state index contributed by atoms with van der Waals surface area (Å²) in [5, 5.41) is 2.89. The average molecular weight is 269 g/mol. The van der Waals surface area contributed by atoms with E-state index < -0.39 is 6.43 Å². The summed E-state index contributed by atoms with van der Waals surface area (Å²) in [6, 6.07) is 3.21. The van der Waals surface area contributed by atoms with Crippen LogP contribution in [0.1, 0.15) is 23.2 Å². The topological polar surface area (TPSA) is 45.2 Å². The van der Waals surface area contributed by atoms with Crippen LogP contribution in [-0.4, -0.2) is 47.9 Å². The molecule has 2 rings (SSSR count). The molecule has 2 heterocycles. The zero-order valence-corrected chi connectivity index (χ0v) is 10.6. The first kappa shape index (κ1) is 13.9. The molecule has 0 bridgehead atoms. The van der Waals surface area contributed by atoms with Crippen molar-refractivity contribution in [2.24, 2.45) is 0 Å². The Bertz CT molecular complexity index is 414. The Kier molecular flexibility index (Phi) is 4.79. The molecule has 0 radical (unpaired) electrons. The Balaban J connectivity index is 1.87. The van der Waals surface area contributed by atoms with Gasteiger partial charge in [-0.3, -0.25) is 14.7 Å². The molecule has 1 aromatic rings. The van der Waals surface area contributed by atoms with Crippen molar-refractivity contribution in [2.75, 3.05) is 19.6 Å². The number of nitrogens with one attached hydrogen (secondary N) is 1. The number of pyridine rings is 1. The number of nitrogens with zero attached hydrogens (tertiary/aromatic N) is 2. The molecule has 1 atom stereocenters. The van der Waals surface area contributed by atoms with Gasteiger partial charge in [-0.05, 0) is 31.5 Å². The highest BCUT2D eigenvalue weighted by Crippen LogP contribution is 2.12. The van der Waals surface area contributed by atoms with E-state index in [-0.39, 0.29) is 18.5 Å². The van der Waals surface area contributed by atoms with Crippen LogP contribution in [-0.2, 0) is 0 Å². The summed E-state index contributed by atoms with van der Waals surface area (Å²) < 4.78 is 24.7. The Hall–Kier alpha value is -1.56. The van der Waals surface area contributed by atoms with E-state index in [1.165, 1.54) is 0 Å². The van der Waals surface area contributed by atoms with Gasteiger partial charge >= 0.3 is 0 Å². The minimum Gasteiger partial charge on any atom is -0.348 e. The highest BCUT2D eigenvalue weighted by molar-refractivity contribution is 5.94. The predicted octanol–water partition coefficient (Wildman–Crippen LogP) is 1.54. The lowest BCUT2D eigenvalue weighted by Gasteiger charge is -2.32. The second-order valence-electron chi connectivity index (χ2n) is 4.70. The fraction of sp³-hybridized carbons (Fsp3) is 0.538. The maximum atomic E-state index is 12.3. The number of alkyl halides is 2. The smallest absolute Gasteiger partial charge is 0.251 e. The highest BCUT2D eigenvalue weighted by atomic mass is 19.3. The van der Waals surface area contributed by atoms with Crippen molar-refractivity contribution in [3.63, 3.8) is 0 Å². The zero-order valence-electron chi connectivity index (χ0n) is 10.6. The molecule has 1 N–H and O–H groups in total. The Morgan fingerprint density at radius 3 is 2.89 bits per heavy atom. The number of carbonyl (C=O) groups is 1. The molecule has 1 saturated heterocycles. The second kappa shape index (κ2) is 6.56. The minimum atomic E-state index is -2.32. The van der Waals surface area contributed by atoms with Gasteiger partial charge in [-0.2, -0.15) is 0 Å². The SMILES string of the molecule is O=C(NC1CCCN(CC(F)F)C1)c1ccncc1. The molecule has 6 heteroatoms. The van der Waals surface area contributed by atoms with Crippen LogP contribution in [0, 0.1) is 0 Å². The van der Waals surface area contributed by atoms with E-state index in [1.54, 1.807) is 29.4 Å². The summed E-state index contributed by atoms with van der Waals surface area (Å²) in [4.78, 5) is 17.5. The first-order valence-electron chi connectivity index (χ1n) is 6.36. The number of amides is 1. The second-order valence-corrected chi connectivity index (χ2v) is 4.70. The van der Waals surface area contributed by atoms with E-state index in [1.807, 2.05) is 0 Å². The van der Waals surface area contributed by atoms with Crippen molar-refractivity contribution in [1.82, 2.24) is 15.2 Å². The molecular weight excluding hydrogens is 252 g/mol. The molecule has 0 aromatic carbocycles. The van der Waals surface area contributed by atoms with Crippen molar-refractivity contribution < 1.29 is 13.6 Å². The fourth-order valence-electron chi connectivity index (χ4n) is 2.31. The molecule has 1 amide bonds. The number of rotatable bonds is 4. The molecule has 0 saturated carbocycles. The number of aromatic nitrogens is 1. The van der Waals surface area contributed by atoms with Crippen LogP contribution in [0.4, 0.5) is 8.78 Å². The quantitative estimate of drug-likeness (QED) is 0.902. The van der Waals surface area contributed by atoms with Crippen LogP contribution in [0.5, 0.6) is 0 Å². The van der Waals surface area contributed by atoms with E-state index in [9.17, 15) is 13.6 Å². The molecule has 1 aliphatic heterocycles. The fourth-order valence-corrected chi connectivity index (χ4v) is 2.31. The largest absolute Gasteiger partial charge is 0.348 e. The van der Waals surface area contributed by atoms with E-state index in [2.05, 4.69) is 10.3 Å². The number of hydrogen-bond acceptors (Lipinski definition) is 3. The molecule has 1 aromatic heterocycles. The van der Waals surface area contributed by atoms with Crippen LogP contribution in [0.15, 0.2) is 24.5 Å². The predicted molar refractivity (Wildman–Crippen MR) is 67.2 cm³/mol. The van der Waals surface area contributed by atoms with Crippen LogP contribution in [0.2, 0.25) is 0 Å². The standard InChI is InChI=1S/C13H17F2N3O/c14-12(15)9-18-7-1-2-11(8-18)17-13(19)10-3-5-16-6-4-10/h3-6,11-12H,1-2,7-9H2,(H,17,19). The molecule has 1 aliphatic rings. The summed E-state index contributed by atoms with van der Waals surface area (Å²) in [6.45, 7) is 0.939. The lowest BCUT2D eigenvalue weighted by atomic mass is 10.1. The Morgan fingerprint density at radius 2 is 2.21 bits per heavy atom. The van der Waals surface area contributed by atoms with Gasteiger partial charge in [-0.15, -0.1) is 0 Å². The molecular formula is C13H17F2N3O. The molecule has 0 spiro atoms. The Labute approximate surface area is 110 Å². The van der Waals surface area contributed by atoms with Crippen molar-refractivity contribution in [2.45, 2.75) is 25.3 Å². The lowest BCUT2D eigenvalue weighted by molar-refractivity contribution is 0.0673. The van der Waals surface area contributed by atoms with Gasteiger partial charge in [0.05, 0.1) is 6.54 Å². The summed E-state index contributed by atoms with van der Waals surface area (Å²) >= 11 is 0. The number of carbonyl (C=O) groups excluding carboxylic acids is 1. The lowest BCUT2D eigenvalue weighted by Crippen LogP contribution is -2.48. The van der Waals surface area contributed by atoms with E-state index in [4.69, 9.17) is 0 Å². The minimum absolute atomic E-state index is 0.0619. The molecule has 104 valence electrons. The van der Waals surface area contributed by atoms with Gasteiger partial charge in [0.25, 0.3) is 12.3 Å². The van der Waals surface area contributed by atoms with Gasteiger partial charge in [0.15, 0.2) is 0 Å². The molecule has 19 heavy (non-hydrogen) atoms. The van der Waals surface area contributed by atoms with Gasteiger partial charge in [-0.25, -0.2) is 8.78 Å². The summed E-state index contributed by atoms with van der Waals surface area (Å²) in [7, 11) is 0. The van der Waals surface area contributed by atoms with Crippen molar-refractivity contribution in [1.29, 1.82) is 0 Å². The van der Waals surface area contributed by atoms with Gasteiger partial charge < -0.3 is 5.32 Å². The van der Waals surface area contributed by atoms with Crippen LogP contribution >= 0.6 is 0 Å². The zero-order chi connectivity index (χ0) is 13.7. The number of halogens is 2. The van der Waals surface area contributed by atoms with Gasteiger partial charge in [0.2, 0.25) is 0 Å². The van der Waals surface area contributed by atoms with Crippen LogP contribution < -0.4 is 5.32 Å². The average Bonchev–Trinajstić information content (AvgIpc) is 2.39. The van der Waals surface area contributed by atoms with Crippen LogP contribution in [0.25, 0.3) is 0 Å². The van der Waals surface area contributed by atoms with Gasteiger partial charge in [0.1, 0.15) is 0 Å². The van der Waals surface area contributed by atoms with Gasteiger partial charge in [-0.1, -0.05) is 0 Å². The monoisotopic (exact) mass is 269 g/mol. The van der Waals surface area contributed by atoms with Gasteiger partial charge in [0, 0.05) is 30.5 Å². The van der Waals surface area contributed by atoms with Crippen molar-refractivity contribution >= 4 is 5.91 Å². The summed E-state index contributed by atoms with van der Waals surface area (Å²) in [5.41, 5.74) is 0.543. The maximum Gasteiger partial charge on any atom is 0.251 e. The van der Waals surface area contributed by atoms with E-state index >= 15 is 0 Å². The van der Waals surface area contributed by atoms with Crippen molar-refractivity contribution in [3.8, 4) is 0 Å². The van der Waals surface area contributed by atoms with Crippen molar-refractivity contribution in [3.05, 3.63) is 30.1 Å². The molecule has 1 unspecified atom stereocenters. The molecule has 1 fully saturated rings. The number of hydrogen-bond donors (Lipinski definition) is 1. The maximum absolute atomic E-state index is 12.3. The number of piperidine rings is 1. The summed E-state index contributed by atoms with van der Waals surface area (Å²) in [6.07, 6.45) is 2.44. The summed E-state index contributed by atoms with van der Waals surface area (Å²) in [5.74, 6) is -0.175. The van der Waals surface area contributed by atoms with E-state index in [0.717, 1.165) is 12.8 Å². The highest BCUT2D eigenvalue weighted by Gasteiger charge is 2.23. The molecule has 0 aliphatic carbocycles. The number of likely N-dealkylation sites (tertiary alicyclic amines) is 1. The first-order valence-corrected chi connectivity index (χ1v) is 6.36.